The number of allylic oxidation sites excluding steroid dienone is 2. The zero-order chi connectivity index (χ0) is 18.3. The molecule has 4 rings (SSSR count). The fraction of sp³-hybridized carbons (Fsp3) is 0.429. The predicted molar refractivity (Wildman–Crippen MR) is 93.8 cm³/mol. The van der Waals surface area contributed by atoms with Crippen molar-refractivity contribution in [3.05, 3.63) is 51.8 Å². The second kappa shape index (κ2) is 4.63. The summed E-state index contributed by atoms with van der Waals surface area (Å²) in [7, 11) is 1.54. The van der Waals surface area contributed by atoms with Gasteiger partial charge in [0.25, 0.3) is 0 Å². The van der Waals surface area contributed by atoms with Crippen LogP contribution in [0.1, 0.15) is 55.3 Å². The molecular formula is C21H22O4. The summed E-state index contributed by atoms with van der Waals surface area (Å²) in [5.41, 5.74) is 2.46. The first-order chi connectivity index (χ1) is 11.7. The highest BCUT2D eigenvalue weighted by molar-refractivity contribution is 6.27. The molecule has 1 heterocycles. The molecule has 0 amide bonds. The lowest BCUT2D eigenvalue weighted by Crippen LogP contribution is -2.44. The molecule has 0 saturated carbocycles. The second-order valence-corrected chi connectivity index (χ2v) is 7.64. The van der Waals surface area contributed by atoms with Gasteiger partial charge in [-0.1, -0.05) is 19.4 Å². The highest BCUT2D eigenvalue weighted by Crippen LogP contribution is 2.65. The van der Waals surface area contributed by atoms with Crippen molar-refractivity contribution in [1.29, 1.82) is 0 Å². The van der Waals surface area contributed by atoms with Crippen molar-refractivity contribution in [3.63, 3.8) is 0 Å². The van der Waals surface area contributed by atoms with E-state index in [4.69, 9.17) is 9.47 Å². The summed E-state index contributed by atoms with van der Waals surface area (Å²) in [6.45, 7) is 10.3. The maximum absolute atomic E-state index is 13.3. The minimum atomic E-state index is -0.668. The van der Waals surface area contributed by atoms with Crippen molar-refractivity contribution >= 4 is 11.6 Å². The van der Waals surface area contributed by atoms with Gasteiger partial charge in [-0.05, 0) is 50.5 Å². The van der Waals surface area contributed by atoms with Gasteiger partial charge in [0.15, 0.2) is 11.5 Å². The van der Waals surface area contributed by atoms with E-state index in [1.807, 2.05) is 13.8 Å². The third-order valence-electron chi connectivity index (χ3n) is 7.02. The molecular weight excluding hydrogens is 316 g/mol. The molecule has 0 N–H and O–H groups in total. The SMILES string of the molecule is COc1ccc2c(c1)C(=O)C1=C(C2=O)[C@@]2(C)[C@H](C)C(C)=C(C)[C@@]2(C)O1. The van der Waals surface area contributed by atoms with Crippen molar-refractivity contribution in [2.24, 2.45) is 11.3 Å². The fourth-order valence-corrected chi connectivity index (χ4v) is 4.86. The van der Waals surface area contributed by atoms with E-state index < -0.39 is 11.0 Å². The lowest BCUT2D eigenvalue weighted by Gasteiger charge is -2.39. The fourth-order valence-electron chi connectivity index (χ4n) is 4.86. The molecule has 0 fully saturated rings. The Kier molecular flexibility index (Phi) is 2.98. The van der Waals surface area contributed by atoms with Crippen LogP contribution in [0, 0.1) is 11.3 Å². The van der Waals surface area contributed by atoms with Crippen molar-refractivity contribution in [3.8, 4) is 5.75 Å². The Labute approximate surface area is 147 Å². The number of ketones is 2. The molecule has 1 aromatic rings. The Morgan fingerprint density at radius 3 is 2.40 bits per heavy atom. The number of carbonyl (C=O) groups is 2. The number of rotatable bonds is 1. The Bertz CT molecular complexity index is 920. The number of hydrogen-bond acceptors (Lipinski definition) is 4. The standard InChI is InChI=1S/C21H22O4/c1-10-11(2)20(4)16-17(22)14-8-7-13(24-6)9-15(14)18(23)19(16)25-21(20,5)12(10)3/h7-9,11H,1-6H3/t11-,20-,21-/m1/s1. The number of ether oxygens (including phenoxy) is 2. The van der Waals surface area contributed by atoms with Crippen LogP contribution >= 0.6 is 0 Å². The zero-order valence-corrected chi connectivity index (χ0v) is 15.4. The van der Waals surface area contributed by atoms with Gasteiger partial charge in [-0.15, -0.1) is 0 Å². The highest BCUT2D eigenvalue weighted by atomic mass is 16.5. The third-order valence-corrected chi connectivity index (χ3v) is 7.02. The normalized spacial score (nSPS) is 33.3. The van der Waals surface area contributed by atoms with Crippen LogP contribution in [0.2, 0.25) is 0 Å². The largest absolute Gasteiger partial charge is 0.497 e. The minimum absolute atomic E-state index is 0.104. The monoisotopic (exact) mass is 338 g/mol. The van der Waals surface area contributed by atoms with Gasteiger partial charge < -0.3 is 9.47 Å². The van der Waals surface area contributed by atoms with E-state index in [1.54, 1.807) is 25.3 Å². The van der Waals surface area contributed by atoms with E-state index in [0.29, 0.717) is 22.4 Å². The van der Waals surface area contributed by atoms with Crippen LogP contribution in [-0.2, 0) is 4.74 Å². The van der Waals surface area contributed by atoms with Crippen molar-refractivity contribution < 1.29 is 19.1 Å². The minimum Gasteiger partial charge on any atom is -0.497 e. The van der Waals surface area contributed by atoms with Crippen molar-refractivity contribution in [2.75, 3.05) is 7.11 Å². The summed E-state index contributed by atoms with van der Waals surface area (Å²) in [5, 5.41) is 0. The zero-order valence-electron chi connectivity index (χ0n) is 15.4. The van der Waals surface area contributed by atoms with E-state index in [-0.39, 0.29) is 23.2 Å². The van der Waals surface area contributed by atoms with Gasteiger partial charge in [-0.3, -0.25) is 9.59 Å². The van der Waals surface area contributed by atoms with E-state index >= 15 is 0 Å². The van der Waals surface area contributed by atoms with Crippen LogP contribution in [0.3, 0.4) is 0 Å². The molecule has 4 heteroatoms. The molecule has 0 spiro atoms. The van der Waals surface area contributed by atoms with Crippen LogP contribution in [0.4, 0.5) is 0 Å². The average molecular weight is 338 g/mol. The molecule has 4 nitrogen and oxygen atoms in total. The number of benzene rings is 1. The predicted octanol–water partition coefficient (Wildman–Crippen LogP) is 4.11. The first kappa shape index (κ1) is 16.1. The van der Waals surface area contributed by atoms with Crippen LogP contribution in [0.15, 0.2) is 40.7 Å². The Morgan fingerprint density at radius 1 is 1.08 bits per heavy atom. The second-order valence-electron chi connectivity index (χ2n) is 7.64. The summed E-state index contributed by atoms with van der Waals surface area (Å²) < 4.78 is 11.5. The van der Waals surface area contributed by atoms with Gasteiger partial charge in [0.2, 0.25) is 5.78 Å². The summed E-state index contributed by atoms with van der Waals surface area (Å²) in [6, 6.07) is 5.03. The van der Waals surface area contributed by atoms with Crippen LogP contribution in [0.25, 0.3) is 0 Å². The molecule has 130 valence electrons. The Hall–Kier alpha value is -2.36. The van der Waals surface area contributed by atoms with Crippen molar-refractivity contribution in [1.82, 2.24) is 0 Å². The molecule has 0 unspecified atom stereocenters. The van der Waals surface area contributed by atoms with E-state index in [2.05, 4.69) is 20.8 Å². The lowest BCUT2D eigenvalue weighted by molar-refractivity contribution is -0.00193. The molecule has 3 aliphatic rings. The highest BCUT2D eigenvalue weighted by Gasteiger charge is 2.67. The van der Waals surface area contributed by atoms with E-state index in [1.165, 1.54) is 5.57 Å². The molecule has 0 aromatic heterocycles. The smallest absolute Gasteiger partial charge is 0.228 e. The quantitative estimate of drug-likeness (QED) is 0.723. The maximum Gasteiger partial charge on any atom is 0.228 e. The maximum atomic E-state index is 13.3. The Morgan fingerprint density at radius 2 is 1.76 bits per heavy atom. The first-order valence-corrected chi connectivity index (χ1v) is 8.57. The van der Waals surface area contributed by atoms with Gasteiger partial charge in [0.1, 0.15) is 11.4 Å². The molecule has 3 atom stereocenters. The number of fused-ring (bicyclic) bond motifs is 3. The van der Waals surface area contributed by atoms with Gasteiger partial charge in [-0.25, -0.2) is 0 Å². The molecule has 0 radical (unpaired) electrons. The number of Topliss-reactive ketones (excluding diaryl/α,β-unsaturated/α-hetero) is 2. The van der Waals surface area contributed by atoms with Crippen LogP contribution in [-0.4, -0.2) is 24.3 Å². The molecule has 2 aliphatic carbocycles. The number of hydrogen-bond donors (Lipinski definition) is 0. The van der Waals surface area contributed by atoms with Crippen LogP contribution in [0.5, 0.6) is 5.75 Å². The third kappa shape index (κ3) is 1.58. The van der Waals surface area contributed by atoms with Gasteiger partial charge in [-0.2, -0.15) is 0 Å². The number of carbonyl (C=O) groups excluding carboxylic acids is 2. The first-order valence-electron chi connectivity index (χ1n) is 8.57. The molecule has 25 heavy (non-hydrogen) atoms. The van der Waals surface area contributed by atoms with Crippen LogP contribution < -0.4 is 4.74 Å². The average Bonchev–Trinajstić information content (AvgIpc) is 2.93. The van der Waals surface area contributed by atoms with Crippen molar-refractivity contribution in [2.45, 2.75) is 40.2 Å². The number of methoxy groups -OCH3 is 1. The molecule has 1 aliphatic heterocycles. The van der Waals surface area contributed by atoms with E-state index in [9.17, 15) is 9.59 Å². The van der Waals surface area contributed by atoms with Gasteiger partial charge >= 0.3 is 0 Å². The van der Waals surface area contributed by atoms with E-state index in [0.717, 1.165) is 5.57 Å². The molecule has 0 saturated heterocycles. The van der Waals surface area contributed by atoms with Gasteiger partial charge in [0.05, 0.1) is 12.7 Å². The molecule has 1 aromatic carbocycles. The summed E-state index contributed by atoms with van der Waals surface area (Å²) >= 11 is 0. The summed E-state index contributed by atoms with van der Waals surface area (Å²) in [5.74, 6) is 0.571. The molecule has 0 bridgehead atoms. The summed E-state index contributed by atoms with van der Waals surface area (Å²) in [4.78, 5) is 26.5. The topological polar surface area (TPSA) is 52.6 Å². The van der Waals surface area contributed by atoms with Gasteiger partial charge in [0, 0.05) is 16.5 Å². The summed E-state index contributed by atoms with van der Waals surface area (Å²) in [6.07, 6.45) is 0. The lowest BCUT2D eigenvalue weighted by atomic mass is 9.63. The Balaban J connectivity index is 1.95.